The van der Waals surface area contributed by atoms with Crippen LogP contribution in [0, 0.1) is 22.6 Å². The SMILES string of the molecule is CN(c1nc(-c2ccc(F)cc2)c(C#N)s1)c1cn(C2CC2)c(=O)c2ccc(N3CCN(CC(=O)N4CC5(CCC(O)CC5)C4)CC3)cc12. The van der Waals surface area contributed by atoms with E-state index in [1.165, 1.54) is 23.5 Å². The summed E-state index contributed by atoms with van der Waals surface area (Å²) in [5, 5.41) is 21.9. The van der Waals surface area contributed by atoms with E-state index in [0.29, 0.717) is 33.2 Å². The molecule has 2 aliphatic heterocycles. The predicted molar refractivity (Wildman–Crippen MR) is 189 cm³/mol. The summed E-state index contributed by atoms with van der Waals surface area (Å²) in [5.74, 6) is -0.156. The molecule has 2 aliphatic carbocycles. The molecule has 2 saturated carbocycles. The van der Waals surface area contributed by atoms with Gasteiger partial charge in [0, 0.05) is 86.0 Å². The molecule has 8 rings (SSSR count). The number of halogens is 1. The average molecular weight is 682 g/mol. The topological polar surface area (TPSA) is 109 Å². The van der Waals surface area contributed by atoms with Crippen LogP contribution in [-0.2, 0) is 4.79 Å². The van der Waals surface area contributed by atoms with Gasteiger partial charge in [0.1, 0.15) is 22.5 Å². The molecular formula is C37H40FN7O3S. The average Bonchev–Trinajstić information content (AvgIpc) is 3.85. The van der Waals surface area contributed by atoms with Crippen LogP contribution in [0.25, 0.3) is 22.0 Å². The number of nitrogens with zero attached hydrogens (tertiary/aromatic N) is 7. The number of benzene rings is 2. The van der Waals surface area contributed by atoms with Crippen LogP contribution in [0.3, 0.4) is 0 Å². The molecule has 12 heteroatoms. The Morgan fingerprint density at radius 3 is 2.45 bits per heavy atom. The van der Waals surface area contributed by atoms with Crippen LogP contribution in [0.1, 0.15) is 49.4 Å². The number of pyridine rings is 1. The molecule has 1 spiro atoms. The number of likely N-dealkylation sites (tertiary alicyclic amines) is 1. The molecule has 1 N–H and O–H groups in total. The summed E-state index contributed by atoms with van der Waals surface area (Å²) in [6.45, 7) is 5.15. The van der Waals surface area contributed by atoms with Gasteiger partial charge in [-0.05, 0) is 81.0 Å². The number of amides is 1. The highest BCUT2D eigenvalue weighted by molar-refractivity contribution is 7.16. The fourth-order valence-electron chi connectivity index (χ4n) is 7.78. The zero-order valence-electron chi connectivity index (χ0n) is 27.6. The van der Waals surface area contributed by atoms with Crippen molar-refractivity contribution in [1.82, 2.24) is 19.4 Å². The third-order valence-corrected chi connectivity index (χ3v) is 12.0. The molecule has 1 amide bonds. The Kier molecular flexibility index (Phi) is 8.17. The van der Waals surface area contributed by atoms with Crippen LogP contribution < -0.4 is 15.4 Å². The highest BCUT2D eigenvalue weighted by Crippen LogP contribution is 2.44. The zero-order chi connectivity index (χ0) is 33.9. The third kappa shape index (κ3) is 6.09. The molecule has 2 aromatic heterocycles. The Balaban J connectivity index is 1.01. The Labute approximate surface area is 288 Å². The summed E-state index contributed by atoms with van der Waals surface area (Å²) in [6.07, 6.45) is 7.39. The number of aliphatic hydroxyl groups is 1. The summed E-state index contributed by atoms with van der Waals surface area (Å²) in [7, 11) is 1.91. The first kappa shape index (κ1) is 31.9. The van der Waals surface area contributed by atoms with Gasteiger partial charge in [-0.1, -0.05) is 11.3 Å². The highest BCUT2D eigenvalue weighted by Gasteiger charge is 2.46. The molecule has 4 aliphatic rings. The maximum absolute atomic E-state index is 13.7. The quantitative estimate of drug-likeness (QED) is 0.286. The molecule has 4 aromatic rings. The lowest BCUT2D eigenvalue weighted by atomic mass is 9.68. The molecule has 4 heterocycles. The van der Waals surface area contributed by atoms with Crippen molar-refractivity contribution in [2.24, 2.45) is 5.41 Å². The molecule has 0 radical (unpaired) electrons. The molecule has 2 saturated heterocycles. The Hall–Kier alpha value is -4.31. The van der Waals surface area contributed by atoms with Crippen molar-refractivity contribution in [3.63, 3.8) is 0 Å². The molecule has 2 aromatic carbocycles. The maximum Gasteiger partial charge on any atom is 0.258 e. The number of hydrogen-bond donors (Lipinski definition) is 1. The summed E-state index contributed by atoms with van der Waals surface area (Å²) in [6, 6.07) is 14.5. The van der Waals surface area contributed by atoms with E-state index >= 15 is 0 Å². The first-order valence-corrected chi connectivity index (χ1v) is 18.0. The molecule has 0 unspecified atom stereocenters. The lowest BCUT2D eigenvalue weighted by Gasteiger charge is -2.53. The monoisotopic (exact) mass is 681 g/mol. The van der Waals surface area contributed by atoms with E-state index in [0.717, 1.165) is 94.6 Å². The largest absolute Gasteiger partial charge is 0.393 e. The lowest BCUT2D eigenvalue weighted by Crippen LogP contribution is -2.62. The number of rotatable bonds is 7. The van der Waals surface area contributed by atoms with Crippen LogP contribution in [-0.4, -0.2) is 89.3 Å². The van der Waals surface area contributed by atoms with Crippen molar-refractivity contribution in [2.45, 2.75) is 50.7 Å². The fourth-order valence-corrected chi connectivity index (χ4v) is 8.64. The van der Waals surface area contributed by atoms with E-state index in [4.69, 9.17) is 4.98 Å². The second-order valence-corrected chi connectivity index (χ2v) is 15.3. The highest BCUT2D eigenvalue weighted by atomic mass is 32.1. The van der Waals surface area contributed by atoms with Crippen molar-refractivity contribution in [3.8, 4) is 17.3 Å². The van der Waals surface area contributed by atoms with Crippen molar-refractivity contribution in [3.05, 3.63) is 69.7 Å². The number of nitriles is 1. The number of aliphatic hydroxyl groups excluding tert-OH is 1. The molecular weight excluding hydrogens is 642 g/mol. The molecule has 254 valence electrons. The number of anilines is 3. The summed E-state index contributed by atoms with van der Waals surface area (Å²) < 4.78 is 15.5. The van der Waals surface area contributed by atoms with Gasteiger partial charge < -0.3 is 24.4 Å². The van der Waals surface area contributed by atoms with Gasteiger partial charge in [-0.15, -0.1) is 0 Å². The standard InChI is InChI=1S/C37H40FN7O3S/c1-41(36-40-34(32(19-39)49-36)24-2-4-25(38)5-3-24)31-20-45(26-6-7-26)35(48)29-9-8-27(18-30(29)31)43-16-14-42(15-17-43)21-33(47)44-22-37(23-44)12-10-28(46)11-13-37/h2-5,8-9,18,20,26,28,46H,6-7,10-17,21-23H2,1H3. The van der Waals surface area contributed by atoms with Crippen LogP contribution in [0.15, 0.2) is 53.5 Å². The number of thiazole rings is 1. The van der Waals surface area contributed by atoms with Gasteiger partial charge in [0.05, 0.1) is 18.3 Å². The summed E-state index contributed by atoms with van der Waals surface area (Å²) in [4.78, 5) is 40.5. The number of carbonyl (C=O) groups is 1. The van der Waals surface area contributed by atoms with Gasteiger partial charge >= 0.3 is 0 Å². The molecule has 10 nitrogen and oxygen atoms in total. The number of piperazine rings is 1. The number of hydrogen-bond acceptors (Lipinski definition) is 9. The van der Waals surface area contributed by atoms with E-state index in [-0.39, 0.29) is 34.8 Å². The molecule has 0 atom stereocenters. The van der Waals surface area contributed by atoms with E-state index in [2.05, 4.69) is 21.9 Å². The molecule has 4 fully saturated rings. The van der Waals surface area contributed by atoms with Crippen molar-refractivity contribution in [2.75, 3.05) is 62.7 Å². The van der Waals surface area contributed by atoms with Gasteiger partial charge in [0.2, 0.25) is 5.91 Å². The van der Waals surface area contributed by atoms with Crippen LogP contribution >= 0.6 is 11.3 Å². The van der Waals surface area contributed by atoms with Crippen molar-refractivity contribution in [1.29, 1.82) is 5.26 Å². The van der Waals surface area contributed by atoms with Crippen LogP contribution in [0.2, 0.25) is 0 Å². The number of fused-ring (bicyclic) bond motifs is 1. The number of carbonyl (C=O) groups excluding carboxylic acids is 1. The lowest BCUT2D eigenvalue weighted by molar-refractivity contribution is -0.148. The Morgan fingerprint density at radius 1 is 1.06 bits per heavy atom. The van der Waals surface area contributed by atoms with Crippen LogP contribution in [0.5, 0.6) is 0 Å². The third-order valence-electron chi connectivity index (χ3n) is 10.9. The molecule has 49 heavy (non-hydrogen) atoms. The first-order valence-electron chi connectivity index (χ1n) is 17.2. The summed E-state index contributed by atoms with van der Waals surface area (Å²) in [5.41, 5.74) is 3.24. The zero-order valence-corrected chi connectivity index (χ0v) is 28.5. The van der Waals surface area contributed by atoms with Gasteiger partial charge in [-0.3, -0.25) is 14.5 Å². The van der Waals surface area contributed by atoms with Gasteiger partial charge in [0.15, 0.2) is 5.13 Å². The minimum Gasteiger partial charge on any atom is -0.393 e. The van der Waals surface area contributed by atoms with Crippen molar-refractivity contribution < 1.29 is 14.3 Å². The second-order valence-electron chi connectivity index (χ2n) is 14.3. The van der Waals surface area contributed by atoms with E-state index in [1.807, 2.05) is 39.7 Å². The molecule has 0 bridgehead atoms. The maximum atomic E-state index is 13.7. The Bertz CT molecular complexity index is 1990. The van der Waals surface area contributed by atoms with E-state index in [1.54, 1.807) is 12.1 Å². The fraction of sp³-hybridized carbons (Fsp3) is 0.459. The van der Waals surface area contributed by atoms with Crippen LogP contribution in [0.4, 0.5) is 20.9 Å². The van der Waals surface area contributed by atoms with E-state index < -0.39 is 0 Å². The smallest absolute Gasteiger partial charge is 0.258 e. The van der Waals surface area contributed by atoms with Crippen molar-refractivity contribution >= 4 is 44.5 Å². The second kappa shape index (κ2) is 12.5. The minimum absolute atomic E-state index is 0.00874. The predicted octanol–water partition coefficient (Wildman–Crippen LogP) is 5.12. The van der Waals surface area contributed by atoms with Gasteiger partial charge in [-0.25, -0.2) is 9.37 Å². The summed E-state index contributed by atoms with van der Waals surface area (Å²) >= 11 is 1.27. The van der Waals surface area contributed by atoms with Gasteiger partial charge in [-0.2, -0.15) is 5.26 Å². The Morgan fingerprint density at radius 2 is 1.78 bits per heavy atom. The normalized spacial score (nSPS) is 19.6. The minimum atomic E-state index is -0.351. The van der Waals surface area contributed by atoms with Gasteiger partial charge in [0.25, 0.3) is 5.56 Å². The number of aromatic nitrogens is 2. The van der Waals surface area contributed by atoms with E-state index in [9.17, 15) is 24.3 Å². The first-order chi connectivity index (χ1) is 23.7.